The van der Waals surface area contributed by atoms with Gasteiger partial charge in [-0.15, -0.1) is 0 Å². The lowest BCUT2D eigenvalue weighted by Gasteiger charge is -2.64. The van der Waals surface area contributed by atoms with E-state index in [1.165, 1.54) is 437 Å². The number of benzene rings is 1. The first kappa shape index (κ1) is 139. The van der Waals surface area contributed by atoms with Crippen LogP contribution in [0, 0.1) is 120 Å². The maximum Gasteiger partial charge on any atom is -0.0159 e. The first-order valence-electron chi connectivity index (χ1n) is 66.3. The Labute approximate surface area is 903 Å². The molecule has 0 aliphatic heterocycles. The van der Waals surface area contributed by atoms with Crippen LogP contribution in [-0.2, 0) is 0 Å². The van der Waals surface area contributed by atoms with Crippen LogP contribution in [0.15, 0.2) is 30.3 Å². The van der Waals surface area contributed by atoms with Gasteiger partial charge in [0.05, 0.1) is 0 Å². The Morgan fingerprint density at radius 1 is 0.134 bits per heavy atom. The Kier molecular flexibility index (Phi) is 62.1. The Hall–Kier alpha value is -0.780. The summed E-state index contributed by atoms with van der Waals surface area (Å²) in [5, 5.41) is 0. The monoisotopic (exact) mass is 1980 g/mol. The number of rotatable bonds is 91. The van der Waals surface area contributed by atoms with Crippen molar-refractivity contribution in [2.24, 2.45) is 120 Å². The van der Waals surface area contributed by atoms with E-state index in [4.69, 9.17) is 0 Å². The van der Waals surface area contributed by atoms with Crippen LogP contribution < -0.4 is 0 Å². The van der Waals surface area contributed by atoms with Crippen molar-refractivity contribution < 1.29 is 0 Å². The summed E-state index contributed by atoms with van der Waals surface area (Å²) in [5.41, 5.74) is 4.29. The average Bonchev–Trinajstić information content (AvgIpc) is 0.714. The van der Waals surface area contributed by atoms with Crippen molar-refractivity contribution in [2.45, 2.75) is 754 Å². The van der Waals surface area contributed by atoms with E-state index in [9.17, 15) is 0 Å². The molecule has 846 valence electrons. The second kappa shape index (κ2) is 63.3. The third-order valence-corrected chi connectivity index (χ3v) is 50.9. The summed E-state index contributed by atoms with van der Waals surface area (Å²) in [6.07, 6.45) is 89.5. The van der Waals surface area contributed by atoms with Crippen LogP contribution in [0.4, 0.5) is 0 Å². The molecule has 0 heteroatoms. The molecule has 2 unspecified atom stereocenters. The molecule has 0 heterocycles. The Bertz CT molecular complexity index is 2760. The molecule has 1 aromatic rings. The van der Waals surface area contributed by atoms with Crippen LogP contribution in [0.1, 0.15) is 760 Å². The van der Waals surface area contributed by atoms with Gasteiger partial charge in [0.15, 0.2) is 0 Å². The Morgan fingerprint density at radius 3 is 0.373 bits per heavy atom. The summed E-state index contributed by atoms with van der Waals surface area (Å²) in [6, 6.07) is 13.1. The molecule has 1 aromatic carbocycles. The molecule has 0 nitrogen and oxygen atoms in total. The Morgan fingerprint density at radius 2 is 0.254 bits per heavy atom. The quantitative estimate of drug-likeness (QED) is 0.0610. The Balaban J connectivity index is 8.28. The van der Waals surface area contributed by atoms with Gasteiger partial charge in [-0.25, -0.2) is 0 Å². The van der Waals surface area contributed by atoms with E-state index in [1.807, 2.05) is 0 Å². The van der Waals surface area contributed by atoms with Gasteiger partial charge in [0.2, 0.25) is 0 Å². The van der Waals surface area contributed by atoms with Gasteiger partial charge < -0.3 is 0 Å². The fourth-order valence-corrected chi connectivity index (χ4v) is 37.6. The highest BCUT2D eigenvalue weighted by Crippen LogP contribution is 2.76. The molecule has 0 fully saturated rings. The molecule has 0 radical (unpaired) electrons. The molecule has 142 heavy (non-hydrogen) atoms. The van der Waals surface area contributed by atoms with Crippen molar-refractivity contribution in [3.63, 3.8) is 0 Å². The third kappa shape index (κ3) is 35.4. The van der Waals surface area contributed by atoms with E-state index < -0.39 is 0 Å². The largest absolute Gasteiger partial charge is 0.0654 e. The summed E-state index contributed by atoms with van der Waals surface area (Å²) >= 11 is 0. The molecule has 0 aromatic heterocycles. The average molecular weight is 1990 g/mol. The molecule has 0 saturated heterocycles. The maximum atomic E-state index is 2.81. The lowest BCUT2D eigenvalue weighted by molar-refractivity contribution is -0.136. The fourth-order valence-electron chi connectivity index (χ4n) is 37.6. The van der Waals surface area contributed by atoms with E-state index in [-0.39, 0.29) is 114 Å². The zero-order valence-electron chi connectivity index (χ0n) is 108. The van der Waals surface area contributed by atoms with Crippen molar-refractivity contribution in [1.29, 1.82) is 0 Å². The molecular weight excluding hydrogens is 1710 g/mol. The molecular formula is C142H278. The van der Waals surface area contributed by atoms with Gasteiger partial charge in [-0.1, -0.05) is 631 Å². The first-order valence-corrected chi connectivity index (χ1v) is 66.3. The SMILES string of the molecule is CCCC(CC)CC(CC(CC)(CC)CC)(CC(CC)(CC)CC)CC(CC(CC(CC)c1ccccc1)(CC(CC(CC)(CC)CC)(CC(CC)(CC)CC)CC(CC)(CC)CC)CC(CC(CC)(CC)CC)(CC(CC)(CC)CC)CC(CC)(CC)CC)(CC(CC(CC)(CC)CC)(CC(CC)(CC)CC)CC(CC)(CC)CC)CC(CC(CC)(CC)CC)(CC(CC)(CC)CC)CC(CC)(CC)CC. The van der Waals surface area contributed by atoms with Crippen LogP contribution >= 0.6 is 0 Å². The lowest BCUT2D eigenvalue weighted by Crippen LogP contribution is -2.53. The molecule has 1 rings (SSSR count). The van der Waals surface area contributed by atoms with Crippen LogP contribution in [0.2, 0.25) is 0 Å². The summed E-state index contributed by atoms with van der Waals surface area (Å²) in [4.78, 5) is 0. The zero-order chi connectivity index (χ0) is 109. The smallest absolute Gasteiger partial charge is 0.0159 e. The summed E-state index contributed by atoms with van der Waals surface area (Å²) in [7, 11) is 0. The van der Waals surface area contributed by atoms with Gasteiger partial charge in [0, 0.05) is 0 Å². The zero-order valence-corrected chi connectivity index (χ0v) is 108. The second-order valence-electron chi connectivity index (χ2n) is 54.9. The normalized spacial score (nSPS) is 15.0. The minimum Gasteiger partial charge on any atom is -0.0654 e. The van der Waals surface area contributed by atoms with Crippen molar-refractivity contribution in [3.05, 3.63) is 35.9 Å². The standard InChI is InChI=1S/C142H278/c1-46-94-119(47-2)97-136(99-122(49-4,50-5)51-6,100-123(52-7,53-8)54-9)113-142(117-140(107-130(73-28,74-29)75-30,108-131(76-31,77-32)78-33)109-132(79-34,80-35)81-36,118-141(110-133(82-37,83-38)84-39,111-134(85-40,86-41)87-42)112-135(88-43,89-44)90-45)116-137(98-120(48-3)121-95-92-91-93-96-121,114-138(101-124(55-10,56-11)57-12,102-125(58-13,59-14)60-15)103-126(61-16,62-17)63-18)115-139(104-127(64-19,65-20)66-21,105-128(67-22,68-23)69-24)106-129(70-25,71-26)72-27/h91-93,95-96,119-120H,46-90,94,97-118H2,1-45H3. The van der Waals surface area contributed by atoms with Gasteiger partial charge in [0.1, 0.15) is 0 Å². The summed E-state index contributed by atoms with van der Waals surface area (Å²) in [5.74, 6) is 1.07. The molecule has 2 atom stereocenters. The van der Waals surface area contributed by atoms with Crippen molar-refractivity contribution in [3.8, 4) is 0 Å². The van der Waals surface area contributed by atoms with Crippen molar-refractivity contribution in [1.82, 2.24) is 0 Å². The van der Waals surface area contributed by atoms with Gasteiger partial charge in [-0.2, -0.15) is 0 Å². The predicted molar refractivity (Wildman–Crippen MR) is 653 cm³/mol. The van der Waals surface area contributed by atoms with E-state index in [0.29, 0.717) is 11.8 Å². The van der Waals surface area contributed by atoms with E-state index in [1.54, 1.807) is 5.56 Å². The van der Waals surface area contributed by atoms with Crippen LogP contribution in [0.3, 0.4) is 0 Å². The first-order chi connectivity index (χ1) is 67.2. The fraction of sp³-hybridized carbons (Fsp3) is 0.958. The van der Waals surface area contributed by atoms with Crippen molar-refractivity contribution in [2.75, 3.05) is 0 Å². The third-order valence-electron chi connectivity index (χ3n) is 50.9. The molecule has 0 saturated carbocycles. The van der Waals surface area contributed by atoms with Gasteiger partial charge in [-0.05, 0) is 279 Å². The molecule has 0 spiro atoms. The van der Waals surface area contributed by atoms with E-state index in [2.05, 4.69) is 342 Å². The number of hydrogen-bond acceptors (Lipinski definition) is 0. The second-order valence-corrected chi connectivity index (χ2v) is 54.9. The highest BCUT2D eigenvalue weighted by Gasteiger charge is 2.65. The van der Waals surface area contributed by atoms with E-state index >= 15 is 0 Å². The van der Waals surface area contributed by atoms with Gasteiger partial charge in [0.25, 0.3) is 0 Å². The molecule has 0 bridgehead atoms. The minimum atomic E-state index is -0.150. The molecule has 0 aliphatic rings. The number of hydrogen-bond donors (Lipinski definition) is 0. The van der Waals surface area contributed by atoms with E-state index in [0.717, 1.165) is 0 Å². The molecule has 0 N–H and O–H groups in total. The van der Waals surface area contributed by atoms with Crippen molar-refractivity contribution >= 4 is 0 Å². The maximum absolute atomic E-state index is 2.81. The highest BCUT2D eigenvalue weighted by atomic mass is 14.7. The summed E-state index contributed by atoms with van der Waals surface area (Å²) < 4.78 is 0. The lowest BCUT2D eigenvalue weighted by atomic mass is 9.41. The predicted octanol–water partition coefficient (Wildman–Crippen LogP) is 51.5. The van der Waals surface area contributed by atoms with Gasteiger partial charge in [-0.3, -0.25) is 0 Å². The highest BCUT2D eigenvalue weighted by molar-refractivity contribution is 5.22. The summed E-state index contributed by atoms with van der Waals surface area (Å²) in [6.45, 7) is 125. The molecule has 0 aliphatic carbocycles. The minimum absolute atomic E-state index is 0.0121. The topological polar surface area (TPSA) is 0 Å². The van der Waals surface area contributed by atoms with Gasteiger partial charge >= 0.3 is 0 Å². The van der Waals surface area contributed by atoms with Crippen LogP contribution in [-0.4, -0.2) is 0 Å². The van der Waals surface area contributed by atoms with Crippen LogP contribution in [0.5, 0.6) is 0 Å². The van der Waals surface area contributed by atoms with Crippen LogP contribution in [0.25, 0.3) is 0 Å². The molecule has 0 amide bonds.